The van der Waals surface area contributed by atoms with Gasteiger partial charge in [0.05, 0.1) is 10.6 Å². The zero-order valence-electron chi connectivity index (χ0n) is 15.2. The molecule has 0 bridgehead atoms. The molecule has 26 heavy (non-hydrogen) atoms. The van der Waals surface area contributed by atoms with E-state index in [4.69, 9.17) is 5.73 Å². The standard InChI is InChI=1S/C21H26N4S/c1-2-23-15-6-3-5-14(11-15)18-13-24-19-9-8-16(12-17(18)19)25-21(22)20-7-4-10-26-20/h4,7-10,12-15,23-24H,2-3,5-6,11H2,1H3,(H2,22,25)/t14-,15+/m0/s1. The molecule has 0 radical (unpaired) electrons. The summed E-state index contributed by atoms with van der Waals surface area (Å²) in [6.45, 7) is 3.24. The van der Waals surface area contributed by atoms with Crippen molar-refractivity contribution in [3.8, 4) is 0 Å². The number of aromatic nitrogens is 1. The summed E-state index contributed by atoms with van der Waals surface area (Å²) in [6, 6.07) is 11.0. The van der Waals surface area contributed by atoms with Crippen molar-refractivity contribution in [3.05, 3.63) is 52.3 Å². The highest BCUT2D eigenvalue weighted by atomic mass is 32.1. The molecule has 0 amide bonds. The van der Waals surface area contributed by atoms with Gasteiger partial charge in [-0.2, -0.15) is 0 Å². The second kappa shape index (κ2) is 7.64. The molecule has 1 fully saturated rings. The Balaban J connectivity index is 1.64. The van der Waals surface area contributed by atoms with Crippen molar-refractivity contribution in [2.24, 2.45) is 10.7 Å². The average molecular weight is 367 g/mol. The van der Waals surface area contributed by atoms with Crippen LogP contribution in [0.3, 0.4) is 0 Å². The molecular weight excluding hydrogens is 340 g/mol. The van der Waals surface area contributed by atoms with Gasteiger partial charge in [-0.1, -0.05) is 19.4 Å². The molecule has 4 nitrogen and oxygen atoms in total. The molecule has 4 N–H and O–H groups in total. The smallest absolute Gasteiger partial charge is 0.141 e. The summed E-state index contributed by atoms with van der Waals surface area (Å²) < 4.78 is 0. The monoisotopic (exact) mass is 366 g/mol. The number of hydrogen-bond acceptors (Lipinski definition) is 3. The lowest BCUT2D eigenvalue weighted by molar-refractivity contribution is 0.345. The maximum absolute atomic E-state index is 6.17. The fraction of sp³-hybridized carbons (Fsp3) is 0.381. The molecule has 136 valence electrons. The van der Waals surface area contributed by atoms with E-state index in [0.717, 1.165) is 17.1 Å². The van der Waals surface area contributed by atoms with E-state index in [-0.39, 0.29) is 0 Å². The van der Waals surface area contributed by atoms with Crippen LogP contribution in [0.15, 0.2) is 46.9 Å². The Labute approximate surface area is 158 Å². The van der Waals surface area contributed by atoms with Crippen LogP contribution in [-0.2, 0) is 0 Å². The first-order valence-electron chi connectivity index (χ1n) is 9.47. The third-order valence-electron chi connectivity index (χ3n) is 5.33. The van der Waals surface area contributed by atoms with E-state index in [2.05, 4.69) is 40.5 Å². The van der Waals surface area contributed by atoms with Gasteiger partial charge in [-0.15, -0.1) is 11.3 Å². The maximum atomic E-state index is 6.17. The molecule has 1 aliphatic carbocycles. The summed E-state index contributed by atoms with van der Waals surface area (Å²) in [4.78, 5) is 9.10. The van der Waals surface area contributed by atoms with Crippen molar-refractivity contribution in [3.63, 3.8) is 0 Å². The first-order valence-corrected chi connectivity index (χ1v) is 10.3. The number of H-pyrrole nitrogens is 1. The van der Waals surface area contributed by atoms with E-state index in [1.807, 2.05) is 23.6 Å². The van der Waals surface area contributed by atoms with Crippen LogP contribution in [-0.4, -0.2) is 23.4 Å². The van der Waals surface area contributed by atoms with Gasteiger partial charge in [-0.05, 0) is 66.9 Å². The van der Waals surface area contributed by atoms with Crippen molar-refractivity contribution in [1.82, 2.24) is 10.3 Å². The van der Waals surface area contributed by atoms with Crippen LogP contribution in [0.4, 0.5) is 5.69 Å². The predicted octanol–water partition coefficient (Wildman–Crippen LogP) is 4.90. The van der Waals surface area contributed by atoms with Crippen LogP contribution in [0.25, 0.3) is 10.9 Å². The Kier molecular flexibility index (Phi) is 5.09. The Morgan fingerprint density at radius 3 is 3.08 bits per heavy atom. The molecule has 5 heteroatoms. The second-order valence-electron chi connectivity index (χ2n) is 7.07. The Morgan fingerprint density at radius 2 is 2.27 bits per heavy atom. The number of rotatable bonds is 5. The van der Waals surface area contributed by atoms with E-state index in [0.29, 0.717) is 17.8 Å². The normalized spacial score (nSPS) is 21.3. The highest BCUT2D eigenvalue weighted by Crippen LogP contribution is 2.37. The molecular formula is C21H26N4S. The lowest BCUT2D eigenvalue weighted by atomic mass is 9.81. The van der Waals surface area contributed by atoms with Gasteiger partial charge in [-0.25, -0.2) is 4.99 Å². The Hall–Kier alpha value is -2.11. The summed E-state index contributed by atoms with van der Waals surface area (Å²) in [6.07, 6.45) is 7.25. The number of aliphatic imine (C=N–C) groups is 1. The summed E-state index contributed by atoms with van der Waals surface area (Å²) in [5.41, 5.74) is 9.69. The zero-order chi connectivity index (χ0) is 17.9. The van der Waals surface area contributed by atoms with Gasteiger partial charge >= 0.3 is 0 Å². The molecule has 0 spiro atoms. The first kappa shape index (κ1) is 17.3. The Bertz CT molecular complexity index is 892. The van der Waals surface area contributed by atoms with E-state index in [1.165, 1.54) is 42.1 Å². The summed E-state index contributed by atoms with van der Waals surface area (Å²) in [7, 11) is 0. The fourth-order valence-electron chi connectivity index (χ4n) is 4.10. The molecule has 0 aliphatic heterocycles. The number of nitrogens with one attached hydrogen (secondary N) is 2. The summed E-state index contributed by atoms with van der Waals surface area (Å²) in [5, 5.41) is 6.94. The zero-order valence-corrected chi connectivity index (χ0v) is 16.0. The van der Waals surface area contributed by atoms with Gasteiger partial charge in [0.2, 0.25) is 0 Å². The number of benzene rings is 1. The van der Waals surface area contributed by atoms with Crippen molar-refractivity contribution in [1.29, 1.82) is 0 Å². The summed E-state index contributed by atoms with van der Waals surface area (Å²) in [5.74, 6) is 1.19. The van der Waals surface area contributed by atoms with E-state index in [9.17, 15) is 0 Å². The summed E-state index contributed by atoms with van der Waals surface area (Å²) >= 11 is 1.62. The van der Waals surface area contributed by atoms with Crippen LogP contribution in [0.5, 0.6) is 0 Å². The molecule has 2 heterocycles. The highest BCUT2D eigenvalue weighted by molar-refractivity contribution is 7.12. The molecule has 0 unspecified atom stereocenters. The van der Waals surface area contributed by atoms with Crippen molar-refractivity contribution < 1.29 is 0 Å². The number of amidine groups is 1. The third-order valence-corrected chi connectivity index (χ3v) is 6.22. The predicted molar refractivity (Wildman–Crippen MR) is 112 cm³/mol. The molecule has 1 aliphatic rings. The number of aromatic amines is 1. The molecule has 4 rings (SSSR count). The van der Waals surface area contributed by atoms with Crippen LogP contribution >= 0.6 is 11.3 Å². The quantitative estimate of drug-likeness (QED) is 0.444. The molecule has 1 aromatic carbocycles. The van der Waals surface area contributed by atoms with E-state index >= 15 is 0 Å². The van der Waals surface area contributed by atoms with Crippen molar-refractivity contribution in [2.45, 2.75) is 44.6 Å². The van der Waals surface area contributed by atoms with E-state index in [1.54, 1.807) is 11.3 Å². The van der Waals surface area contributed by atoms with E-state index < -0.39 is 0 Å². The van der Waals surface area contributed by atoms with Gasteiger partial charge in [-0.3, -0.25) is 0 Å². The molecule has 3 aromatic rings. The van der Waals surface area contributed by atoms with Crippen LogP contribution in [0, 0.1) is 0 Å². The number of hydrogen-bond donors (Lipinski definition) is 3. The van der Waals surface area contributed by atoms with Crippen LogP contribution < -0.4 is 11.1 Å². The second-order valence-corrected chi connectivity index (χ2v) is 8.01. The SMILES string of the molecule is CCN[C@@H]1CCC[C@H](c2c[nH]c3ccc(N=C(N)c4cccs4)cc23)C1. The minimum Gasteiger partial charge on any atom is -0.383 e. The molecule has 2 atom stereocenters. The number of fused-ring (bicyclic) bond motifs is 1. The van der Waals surface area contributed by atoms with Gasteiger partial charge in [0, 0.05) is 23.1 Å². The van der Waals surface area contributed by atoms with Gasteiger partial charge in [0.25, 0.3) is 0 Å². The topological polar surface area (TPSA) is 66.2 Å². The third kappa shape index (κ3) is 3.55. The number of nitrogens with two attached hydrogens (primary N) is 1. The minimum absolute atomic E-state index is 0.585. The maximum Gasteiger partial charge on any atom is 0.141 e. The van der Waals surface area contributed by atoms with Crippen molar-refractivity contribution >= 4 is 33.8 Å². The molecule has 1 saturated carbocycles. The van der Waals surface area contributed by atoms with Gasteiger partial charge < -0.3 is 16.0 Å². The fourth-order valence-corrected chi connectivity index (χ4v) is 4.73. The number of nitrogens with zero attached hydrogens (tertiary/aromatic N) is 1. The lowest BCUT2D eigenvalue weighted by Crippen LogP contribution is -2.33. The van der Waals surface area contributed by atoms with Gasteiger partial charge in [0.1, 0.15) is 5.84 Å². The van der Waals surface area contributed by atoms with Crippen molar-refractivity contribution in [2.75, 3.05) is 6.54 Å². The lowest BCUT2D eigenvalue weighted by Gasteiger charge is -2.29. The average Bonchev–Trinajstić information content (AvgIpc) is 3.32. The Morgan fingerprint density at radius 1 is 1.35 bits per heavy atom. The van der Waals surface area contributed by atoms with Gasteiger partial charge in [0.15, 0.2) is 0 Å². The number of thiophene rings is 1. The molecule has 2 aromatic heterocycles. The first-order chi connectivity index (χ1) is 12.7. The van der Waals surface area contributed by atoms with Crippen LogP contribution in [0.2, 0.25) is 0 Å². The largest absolute Gasteiger partial charge is 0.383 e. The highest BCUT2D eigenvalue weighted by Gasteiger charge is 2.24. The van der Waals surface area contributed by atoms with Crippen LogP contribution in [0.1, 0.15) is 49.0 Å². The molecule has 0 saturated heterocycles. The minimum atomic E-state index is 0.585.